The topological polar surface area (TPSA) is 69.7 Å². The second-order valence-electron chi connectivity index (χ2n) is 3.29. The Kier molecular flexibility index (Phi) is 4.51. The molecule has 1 amide bonds. The van der Waals surface area contributed by atoms with Crippen LogP contribution < -0.4 is 10.0 Å². The number of benzene rings is 1. The lowest BCUT2D eigenvalue weighted by Gasteiger charge is -2.19. The number of carboxylic acids is 1. The van der Waals surface area contributed by atoms with E-state index in [9.17, 15) is 14.7 Å². The molecule has 5 nitrogen and oxygen atoms in total. The molecule has 0 bridgehead atoms. The normalized spacial score (nSPS) is 9.82. The van der Waals surface area contributed by atoms with Crippen molar-refractivity contribution in [2.24, 2.45) is 0 Å². The van der Waals surface area contributed by atoms with Crippen molar-refractivity contribution in [3.8, 4) is 0 Å². The summed E-state index contributed by atoms with van der Waals surface area (Å²) in [6.45, 7) is 0. The van der Waals surface area contributed by atoms with Crippen LogP contribution in [0.4, 0.5) is 10.5 Å². The molecule has 0 radical (unpaired) electrons. The van der Waals surface area contributed by atoms with Crippen molar-refractivity contribution < 1.29 is 19.4 Å². The van der Waals surface area contributed by atoms with Gasteiger partial charge in [-0.1, -0.05) is 28.1 Å². The number of carboxylic acid groups (broad SMARTS) is 1. The molecular formula is C11H11BrNO4-. The van der Waals surface area contributed by atoms with Crippen LogP contribution in [-0.4, -0.2) is 26.2 Å². The van der Waals surface area contributed by atoms with Gasteiger partial charge >= 0.3 is 6.09 Å². The first-order valence-corrected chi connectivity index (χ1v) is 5.85. The Morgan fingerprint density at radius 1 is 1.47 bits per heavy atom. The third-order valence-corrected chi connectivity index (χ3v) is 2.88. The van der Waals surface area contributed by atoms with Crippen LogP contribution in [0.2, 0.25) is 0 Å². The van der Waals surface area contributed by atoms with Crippen LogP contribution in [0, 0.1) is 0 Å². The van der Waals surface area contributed by atoms with Gasteiger partial charge in [-0.25, -0.2) is 4.79 Å². The predicted octanol–water partition coefficient (Wildman–Crippen LogP) is 1.15. The van der Waals surface area contributed by atoms with E-state index < -0.39 is 12.1 Å². The second kappa shape index (κ2) is 5.67. The molecule has 0 unspecified atom stereocenters. The molecule has 1 aromatic carbocycles. The lowest BCUT2D eigenvalue weighted by atomic mass is 10.1. The number of carbonyl (C=O) groups excluding carboxylic acids is 2. The van der Waals surface area contributed by atoms with Crippen LogP contribution >= 0.6 is 15.9 Å². The Labute approximate surface area is 107 Å². The maximum Gasteiger partial charge on any atom is 0.413 e. The SMILES string of the molecule is COC(=O)N(C)c1cc(C(=O)[O-])ccc1CBr. The van der Waals surface area contributed by atoms with Crippen LogP contribution in [0.1, 0.15) is 15.9 Å². The molecule has 0 aromatic heterocycles. The van der Waals surface area contributed by atoms with E-state index in [1.54, 1.807) is 6.07 Å². The Hall–Kier alpha value is -1.56. The van der Waals surface area contributed by atoms with Crippen molar-refractivity contribution in [2.75, 3.05) is 19.1 Å². The maximum atomic E-state index is 11.4. The summed E-state index contributed by atoms with van der Waals surface area (Å²) in [6, 6.07) is 4.43. The number of amides is 1. The van der Waals surface area contributed by atoms with Gasteiger partial charge in [0.15, 0.2) is 0 Å². The summed E-state index contributed by atoms with van der Waals surface area (Å²) in [6.07, 6.45) is -0.567. The minimum absolute atomic E-state index is 0.0143. The lowest BCUT2D eigenvalue weighted by Crippen LogP contribution is -2.28. The number of ether oxygens (including phenoxy) is 1. The average Bonchev–Trinajstić information content (AvgIpc) is 2.35. The summed E-state index contributed by atoms with van der Waals surface area (Å²) in [7, 11) is 2.77. The van der Waals surface area contributed by atoms with E-state index in [1.165, 1.54) is 31.2 Å². The number of rotatable bonds is 3. The van der Waals surface area contributed by atoms with Crippen LogP contribution in [0.15, 0.2) is 18.2 Å². The first-order chi connectivity index (χ1) is 8.01. The lowest BCUT2D eigenvalue weighted by molar-refractivity contribution is -0.255. The van der Waals surface area contributed by atoms with Crippen molar-refractivity contribution in [2.45, 2.75) is 5.33 Å². The molecule has 0 spiro atoms. The molecule has 0 aliphatic heterocycles. The van der Waals surface area contributed by atoms with Crippen molar-refractivity contribution in [1.82, 2.24) is 0 Å². The van der Waals surface area contributed by atoms with Gasteiger partial charge in [0.2, 0.25) is 0 Å². The number of carbonyl (C=O) groups is 2. The van der Waals surface area contributed by atoms with Crippen LogP contribution in [0.25, 0.3) is 0 Å². The highest BCUT2D eigenvalue weighted by Gasteiger charge is 2.15. The maximum absolute atomic E-state index is 11.4. The van der Waals surface area contributed by atoms with Gasteiger partial charge in [-0.05, 0) is 17.2 Å². The number of alkyl halides is 1. The zero-order chi connectivity index (χ0) is 13.0. The molecule has 0 atom stereocenters. The molecule has 1 aromatic rings. The molecule has 6 heteroatoms. The molecule has 0 heterocycles. The van der Waals surface area contributed by atoms with Crippen molar-refractivity contribution >= 4 is 33.7 Å². The Bertz CT molecular complexity index is 447. The molecular weight excluding hydrogens is 290 g/mol. The molecule has 17 heavy (non-hydrogen) atoms. The van der Waals surface area contributed by atoms with Crippen LogP contribution in [0.5, 0.6) is 0 Å². The summed E-state index contributed by atoms with van der Waals surface area (Å²) in [5.41, 5.74) is 1.26. The number of anilines is 1. The summed E-state index contributed by atoms with van der Waals surface area (Å²) >= 11 is 3.27. The number of methoxy groups -OCH3 is 1. The third-order valence-electron chi connectivity index (χ3n) is 2.27. The monoisotopic (exact) mass is 300 g/mol. The number of hydrogen-bond acceptors (Lipinski definition) is 4. The van der Waals surface area contributed by atoms with E-state index in [-0.39, 0.29) is 5.56 Å². The zero-order valence-electron chi connectivity index (χ0n) is 9.40. The third kappa shape index (κ3) is 2.97. The van der Waals surface area contributed by atoms with E-state index in [4.69, 9.17) is 0 Å². The van der Waals surface area contributed by atoms with Crippen LogP contribution in [-0.2, 0) is 10.1 Å². The van der Waals surface area contributed by atoms with Gasteiger partial charge in [0.05, 0.1) is 18.8 Å². The van der Waals surface area contributed by atoms with Crippen molar-refractivity contribution in [3.63, 3.8) is 0 Å². The van der Waals surface area contributed by atoms with Crippen molar-refractivity contribution in [1.29, 1.82) is 0 Å². The van der Waals surface area contributed by atoms with E-state index in [0.717, 1.165) is 5.56 Å². The summed E-state index contributed by atoms with van der Waals surface area (Å²) in [5, 5.41) is 11.3. The number of nitrogens with zero attached hydrogens (tertiary/aromatic N) is 1. The number of aromatic carboxylic acids is 1. The first kappa shape index (κ1) is 13.5. The fourth-order valence-corrected chi connectivity index (χ4v) is 1.83. The molecule has 0 aliphatic rings. The molecule has 0 fully saturated rings. The molecule has 1 rings (SSSR count). The Balaban J connectivity index is 3.22. The predicted molar refractivity (Wildman–Crippen MR) is 64.2 cm³/mol. The average molecular weight is 301 g/mol. The standard InChI is InChI=1S/C11H12BrNO4/c1-13(11(16)17-2)9-5-7(10(14)15)3-4-8(9)6-12/h3-5H,6H2,1-2H3,(H,14,15)/p-1. The minimum atomic E-state index is -1.29. The molecule has 0 N–H and O–H groups in total. The fraction of sp³-hybridized carbons (Fsp3) is 0.273. The molecule has 0 saturated carbocycles. The van der Waals surface area contributed by atoms with Gasteiger partial charge in [0.1, 0.15) is 0 Å². The number of hydrogen-bond donors (Lipinski definition) is 0. The molecule has 0 aliphatic carbocycles. The van der Waals surface area contributed by atoms with E-state index in [2.05, 4.69) is 20.7 Å². The minimum Gasteiger partial charge on any atom is -0.545 e. The highest BCUT2D eigenvalue weighted by atomic mass is 79.9. The Morgan fingerprint density at radius 3 is 2.59 bits per heavy atom. The fourth-order valence-electron chi connectivity index (χ4n) is 1.35. The van der Waals surface area contributed by atoms with E-state index >= 15 is 0 Å². The van der Waals surface area contributed by atoms with Gasteiger partial charge < -0.3 is 14.6 Å². The highest BCUT2D eigenvalue weighted by molar-refractivity contribution is 9.08. The number of halogens is 1. The van der Waals surface area contributed by atoms with Gasteiger partial charge in [0.25, 0.3) is 0 Å². The van der Waals surface area contributed by atoms with Gasteiger partial charge in [-0.3, -0.25) is 4.90 Å². The quantitative estimate of drug-likeness (QED) is 0.785. The van der Waals surface area contributed by atoms with Gasteiger partial charge in [0, 0.05) is 12.4 Å². The smallest absolute Gasteiger partial charge is 0.413 e. The largest absolute Gasteiger partial charge is 0.545 e. The van der Waals surface area contributed by atoms with Gasteiger partial charge in [-0.2, -0.15) is 0 Å². The van der Waals surface area contributed by atoms with E-state index in [0.29, 0.717) is 11.0 Å². The summed E-state index contributed by atoms with van der Waals surface area (Å²) < 4.78 is 4.57. The highest BCUT2D eigenvalue weighted by Crippen LogP contribution is 2.24. The van der Waals surface area contributed by atoms with Gasteiger partial charge in [-0.15, -0.1) is 0 Å². The molecule has 0 saturated heterocycles. The van der Waals surface area contributed by atoms with E-state index in [1.807, 2.05) is 0 Å². The van der Waals surface area contributed by atoms with Crippen molar-refractivity contribution in [3.05, 3.63) is 29.3 Å². The molecule has 92 valence electrons. The summed E-state index contributed by atoms with van der Waals surface area (Å²) in [4.78, 5) is 23.4. The Morgan fingerprint density at radius 2 is 2.12 bits per heavy atom. The zero-order valence-corrected chi connectivity index (χ0v) is 11.0. The first-order valence-electron chi connectivity index (χ1n) is 4.73. The second-order valence-corrected chi connectivity index (χ2v) is 3.85. The van der Waals surface area contributed by atoms with Crippen LogP contribution in [0.3, 0.4) is 0 Å². The summed E-state index contributed by atoms with van der Waals surface area (Å²) in [5.74, 6) is -1.29.